The number of hydrogen-bond acceptors (Lipinski definition) is 14. The van der Waals surface area contributed by atoms with Crippen molar-refractivity contribution in [2.45, 2.75) is 43.6 Å². The van der Waals surface area contributed by atoms with Gasteiger partial charge in [-0.3, -0.25) is 0 Å². The van der Waals surface area contributed by atoms with E-state index in [9.17, 15) is 58.7 Å². The third-order valence-corrected chi connectivity index (χ3v) is 14.4. The first-order valence-corrected chi connectivity index (χ1v) is 22.2. The van der Waals surface area contributed by atoms with E-state index in [-0.39, 0.29) is 13.1 Å². The fraction of sp³-hybridized carbons (Fsp3) is 1.00. The fourth-order valence-electron chi connectivity index (χ4n) is 3.88. The lowest BCUT2D eigenvalue weighted by Crippen LogP contribution is -2.35. The Hall–Kier alpha value is 1.59. The Morgan fingerprint density at radius 3 is 1.03 bits per heavy atom. The van der Waals surface area contributed by atoms with Crippen molar-refractivity contribution in [3.8, 4) is 0 Å². The van der Waals surface area contributed by atoms with Crippen LogP contribution in [0.4, 0.5) is 0 Å². The van der Waals surface area contributed by atoms with Crippen LogP contribution in [0.15, 0.2) is 0 Å². The second-order valence-corrected chi connectivity index (χ2v) is 21.7. The topological polar surface area (TPSA) is 249 Å². The minimum absolute atomic E-state index is 0.196. The third kappa shape index (κ3) is 21.4. The first-order chi connectivity index (χ1) is 14.6. The summed E-state index contributed by atoms with van der Waals surface area (Å²) < 4.78 is 0. The van der Waals surface area contributed by atoms with E-state index in [1.54, 1.807) is 0 Å². The zero-order valence-corrected chi connectivity index (χ0v) is 25.6. The molecular formula is C13H42N2O12P4Si2+4. The zero-order chi connectivity index (χ0) is 26.1. The summed E-state index contributed by atoms with van der Waals surface area (Å²) in [5.41, 5.74) is 0. The van der Waals surface area contributed by atoms with Gasteiger partial charge in [0.1, 0.15) is 0 Å². The lowest BCUT2D eigenvalue weighted by molar-refractivity contribution is 0.245. The molecule has 0 unspecified atom stereocenters. The number of nitrogens with zero attached hydrogens (tertiary/aromatic N) is 2. The van der Waals surface area contributed by atoms with Gasteiger partial charge in [-0.2, -0.15) is 58.7 Å². The monoisotopic (exact) mass is 598 g/mol. The SMILES string of the molecule is C[Si](CC[SiH3])(CCCN(C[P+](O)(O)O)C[P+](O)(O)O)CCCN(C[P+](O)(O)O)C[P+](O)(O)O. The highest BCUT2D eigenvalue weighted by atomic mass is 31.2. The van der Waals surface area contributed by atoms with Crippen molar-refractivity contribution in [2.24, 2.45) is 0 Å². The van der Waals surface area contributed by atoms with Gasteiger partial charge in [0.25, 0.3) is 0 Å². The van der Waals surface area contributed by atoms with Gasteiger partial charge in [-0.05, 0) is 12.8 Å². The summed E-state index contributed by atoms with van der Waals surface area (Å²) >= 11 is 0. The molecule has 0 bridgehead atoms. The highest BCUT2D eigenvalue weighted by Gasteiger charge is 2.42. The van der Waals surface area contributed by atoms with Crippen LogP contribution in [0.3, 0.4) is 0 Å². The van der Waals surface area contributed by atoms with E-state index >= 15 is 0 Å². The van der Waals surface area contributed by atoms with Crippen LogP contribution < -0.4 is 0 Å². The molecule has 0 saturated heterocycles. The molecule has 14 nitrogen and oxygen atoms in total. The van der Waals surface area contributed by atoms with Crippen LogP contribution in [0.1, 0.15) is 12.8 Å². The Labute approximate surface area is 200 Å². The molecule has 0 aromatic carbocycles. The van der Waals surface area contributed by atoms with E-state index in [4.69, 9.17) is 0 Å². The minimum Gasteiger partial charge on any atom is -0.225 e. The van der Waals surface area contributed by atoms with E-state index in [0.29, 0.717) is 12.8 Å². The standard InChI is InChI=1S/C13H42N2O12P4Si2/c1-33(9-6-32,7-2-4-14(10-28(16,17)18)11-29(19,20)21)8-3-5-15(12-30(22,23)24)13-31(25,26)27/h16-27H,2-13H2,1,32H3/q+4. The van der Waals surface area contributed by atoms with Gasteiger partial charge in [-0.15, -0.1) is 0 Å². The molecule has 0 rings (SSSR count). The van der Waals surface area contributed by atoms with Gasteiger partial charge in [-0.1, -0.05) is 30.7 Å². The molecule has 0 aliphatic carbocycles. The lowest BCUT2D eigenvalue weighted by atomic mass is 10.4. The molecular weight excluding hydrogens is 556 g/mol. The molecule has 33 heavy (non-hydrogen) atoms. The summed E-state index contributed by atoms with van der Waals surface area (Å²) in [4.78, 5) is 114. The normalized spacial score (nSPS) is 14.6. The first-order valence-electron chi connectivity index (χ1n) is 10.3. The van der Waals surface area contributed by atoms with Crippen LogP contribution in [0.25, 0.3) is 0 Å². The number of rotatable bonds is 18. The van der Waals surface area contributed by atoms with E-state index < -0.39 is 65.0 Å². The highest BCUT2D eigenvalue weighted by Crippen LogP contribution is 2.51. The molecule has 0 fully saturated rings. The number of hydrogen-bond donors (Lipinski definition) is 12. The van der Waals surface area contributed by atoms with Gasteiger partial charge < -0.3 is 0 Å². The average Bonchev–Trinajstić information content (AvgIpc) is 2.48. The molecule has 0 spiro atoms. The molecule has 200 valence electrons. The zero-order valence-electron chi connectivity index (χ0n) is 19.0. The van der Waals surface area contributed by atoms with E-state index in [0.717, 1.165) is 34.4 Å². The van der Waals surface area contributed by atoms with Crippen molar-refractivity contribution in [1.82, 2.24) is 9.80 Å². The quantitative estimate of drug-likeness (QED) is 0.0604. The van der Waals surface area contributed by atoms with Crippen LogP contribution >= 0.6 is 31.8 Å². The smallest absolute Gasteiger partial charge is 0.225 e. The Morgan fingerprint density at radius 1 is 0.545 bits per heavy atom. The molecule has 0 heterocycles. The van der Waals surface area contributed by atoms with Crippen molar-refractivity contribution in [2.75, 3.05) is 38.2 Å². The van der Waals surface area contributed by atoms with Gasteiger partial charge in [-0.25, -0.2) is 9.80 Å². The largest absolute Gasteiger partial charge is 0.419 e. The van der Waals surface area contributed by atoms with Crippen molar-refractivity contribution in [3.63, 3.8) is 0 Å². The maximum atomic E-state index is 9.31. The predicted molar refractivity (Wildman–Crippen MR) is 137 cm³/mol. The summed E-state index contributed by atoms with van der Waals surface area (Å²) in [6, 6.07) is 3.60. The summed E-state index contributed by atoms with van der Waals surface area (Å²) in [7, 11) is -17.7. The summed E-state index contributed by atoms with van der Waals surface area (Å²) in [5.74, 6) is 0. The predicted octanol–water partition coefficient (Wildman–Crippen LogP) is -1.98. The second kappa shape index (κ2) is 14.5. The Bertz CT molecular complexity index is 485. The second-order valence-electron chi connectivity index (χ2n) is 8.89. The Morgan fingerprint density at radius 2 is 0.818 bits per heavy atom. The van der Waals surface area contributed by atoms with Crippen molar-refractivity contribution in [3.05, 3.63) is 0 Å². The fourth-order valence-corrected chi connectivity index (χ4v) is 14.9. The van der Waals surface area contributed by atoms with Crippen LogP contribution in [-0.2, 0) is 0 Å². The van der Waals surface area contributed by atoms with E-state index in [1.807, 2.05) is 0 Å². The van der Waals surface area contributed by atoms with Gasteiger partial charge >= 0.3 is 31.8 Å². The Balaban J connectivity index is 4.97. The molecule has 0 saturated carbocycles. The molecule has 0 amide bonds. The Kier molecular flexibility index (Phi) is 15.2. The van der Waals surface area contributed by atoms with Crippen LogP contribution in [-0.4, -0.2) is 125 Å². The maximum absolute atomic E-state index is 9.31. The van der Waals surface area contributed by atoms with Gasteiger partial charge in [0.15, 0.2) is 25.1 Å². The molecule has 0 atom stereocenters. The van der Waals surface area contributed by atoms with Crippen LogP contribution in [0, 0.1) is 0 Å². The maximum Gasteiger partial charge on any atom is 0.419 e. The summed E-state index contributed by atoms with van der Waals surface area (Å²) in [6.45, 7) is 2.56. The van der Waals surface area contributed by atoms with Crippen molar-refractivity contribution < 1.29 is 58.7 Å². The van der Waals surface area contributed by atoms with E-state index in [1.165, 1.54) is 9.80 Å². The van der Waals surface area contributed by atoms with Gasteiger partial charge in [0.05, 0.1) is 8.07 Å². The average molecular weight is 599 g/mol. The van der Waals surface area contributed by atoms with Gasteiger partial charge in [0, 0.05) is 23.3 Å². The first kappa shape index (κ1) is 34.6. The molecule has 20 heteroatoms. The molecule has 0 aliphatic heterocycles. The van der Waals surface area contributed by atoms with Crippen molar-refractivity contribution >= 4 is 50.1 Å². The third-order valence-electron chi connectivity index (χ3n) is 4.92. The van der Waals surface area contributed by atoms with Crippen LogP contribution in [0.2, 0.25) is 30.7 Å². The minimum atomic E-state index is -4.21. The lowest BCUT2D eigenvalue weighted by Gasteiger charge is -2.29. The van der Waals surface area contributed by atoms with E-state index in [2.05, 4.69) is 6.55 Å². The molecule has 0 aliphatic rings. The van der Waals surface area contributed by atoms with Gasteiger partial charge in [0.2, 0.25) is 0 Å². The molecule has 0 aromatic rings. The summed E-state index contributed by atoms with van der Waals surface area (Å²) in [5, 5.41) is 0. The molecule has 0 aromatic heterocycles. The summed E-state index contributed by atoms with van der Waals surface area (Å²) in [6.07, 6.45) is -1.27. The highest BCUT2D eigenvalue weighted by molar-refractivity contribution is 7.60. The molecule has 0 radical (unpaired) electrons. The van der Waals surface area contributed by atoms with Crippen LogP contribution in [0.5, 0.6) is 0 Å². The molecule has 12 N–H and O–H groups in total. The van der Waals surface area contributed by atoms with Crippen molar-refractivity contribution in [1.29, 1.82) is 0 Å².